The van der Waals surface area contributed by atoms with Crippen LogP contribution in [0.4, 0.5) is 0 Å². The average molecular weight is 242 g/mol. The first-order valence-electron chi connectivity index (χ1n) is 6.49. The van der Waals surface area contributed by atoms with Crippen molar-refractivity contribution in [2.24, 2.45) is 0 Å². The van der Waals surface area contributed by atoms with Crippen molar-refractivity contribution in [3.8, 4) is 0 Å². The van der Waals surface area contributed by atoms with Crippen molar-refractivity contribution < 1.29 is 9.90 Å². The SMILES string of the molecule is O=C(O)c1ccc2c(c1)nc(C1CC1)n2C1CC1. The van der Waals surface area contributed by atoms with Crippen molar-refractivity contribution in [1.29, 1.82) is 0 Å². The normalized spacial score (nSPS) is 19.3. The van der Waals surface area contributed by atoms with Gasteiger partial charge >= 0.3 is 5.97 Å². The third-order valence-electron chi connectivity index (χ3n) is 3.82. The highest BCUT2D eigenvalue weighted by Gasteiger charge is 2.35. The number of nitrogens with zero attached hydrogens (tertiary/aromatic N) is 2. The first-order chi connectivity index (χ1) is 8.74. The number of carbonyl (C=O) groups is 1. The predicted molar refractivity (Wildman–Crippen MR) is 66.9 cm³/mol. The topological polar surface area (TPSA) is 55.1 Å². The summed E-state index contributed by atoms with van der Waals surface area (Å²) in [6.45, 7) is 0. The molecule has 4 nitrogen and oxygen atoms in total. The lowest BCUT2D eigenvalue weighted by Gasteiger charge is -2.06. The summed E-state index contributed by atoms with van der Waals surface area (Å²) >= 11 is 0. The lowest BCUT2D eigenvalue weighted by atomic mass is 10.2. The van der Waals surface area contributed by atoms with E-state index >= 15 is 0 Å². The Kier molecular flexibility index (Phi) is 1.88. The van der Waals surface area contributed by atoms with Crippen molar-refractivity contribution in [2.75, 3.05) is 0 Å². The molecule has 2 fully saturated rings. The van der Waals surface area contributed by atoms with E-state index < -0.39 is 5.97 Å². The van der Waals surface area contributed by atoms with Crippen LogP contribution in [0.25, 0.3) is 11.0 Å². The van der Waals surface area contributed by atoms with Crippen molar-refractivity contribution in [3.63, 3.8) is 0 Å². The van der Waals surface area contributed by atoms with E-state index in [9.17, 15) is 4.79 Å². The first kappa shape index (κ1) is 10.1. The summed E-state index contributed by atoms with van der Waals surface area (Å²) in [7, 11) is 0. The Labute approximate surface area is 104 Å². The maximum absolute atomic E-state index is 11.0. The van der Waals surface area contributed by atoms with Crippen LogP contribution in [-0.2, 0) is 0 Å². The zero-order chi connectivity index (χ0) is 12.3. The number of aromatic nitrogens is 2. The number of aromatic carboxylic acids is 1. The van der Waals surface area contributed by atoms with Crippen molar-refractivity contribution in [2.45, 2.75) is 37.6 Å². The van der Waals surface area contributed by atoms with Crippen LogP contribution in [0.2, 0.25) is 0 Å². The molecule has 2 aromatic rings. The fourth-order valence-electron chi connectivity index (χ4n) is 2.60. The standard InChI is InChI=1S/C14H14N2O2/c17-14(18)9-3-6-12-11(7-9)15-13(8-1-2-8)16(12)10-4-5-10/h3,6-8,10H,1-2,4-5H2,(H,17,18). The van der Waals surface area contributed by atoms with E-state index in [1.54, 1.807) is 12.1 Å². The van der Waals surface area contributed by atoms with E-state index in [4.69, 9.17) is 5.11 Å². The van der Waals surface area contributed by atoms with Gasteiger partial charge in [-0.05, 0) is 43.9 Å². The second-order valence-corrected chi connectivity index (χ2v) is 5.35. The van der Waals surface area contributed by atoms with Gasteiger partial charge in [-0.3, -0.25) is 0 Å². The highest BCUT2D eigenvalue weighted by atomic mass is 16.4. The summed E-state index contributed by atoms with van der Waals surface area (Å²) in [5.74, 6) is 0.896. The van der Waals surface area contributed by atoms with E-state index in [0.29, 0.717) is 17.5 Å². The van der Waals surface area contributed by atoms with Crippen molar-refractivity contribution >= 4 is 17.0 Å². The Bertz CT molecular complexity index is 651. The molecule has 0 unspecified atom stereocenters. The molecule has 0 bridgehead atoms. The van der Waals surface area contributed by atoms with E-state index in [1.165, 1.54) is 31.5 Å². The second-order valence-electron chi connectivity index (χ2n) is 5.35. The predicted octanol–water partition coefficient (Wildman–Crippen LogP) is 2.95. The molecule has 0 radical (unpaired) electrons. The monoisotopic (exact) mass is 242 g/mol. The van der Waals surface area contributed by atoms with Crippen LogP contribution in [0, 0.1) is 0 Å². The van der Waals surface area contributed by atoms with Gasteiger partial charge in [-0.2, -0.15) is 0 Å². The Balaban J connectivity index is 1.94. The number of hydrogen-bond donors (Lipinski definition) is 1. The van der Waals surface area contributed by atoms with Crippen LogP contribution in [-0.4, -0.2) is 20.6 Å². The van der Waals surface area contributed by atoms with Gasteiger partial charge in [-0.1, -0.05) is 0 Å². The van der Waals surface area contributed by atoms with Crippen LogP contribution in [0.5, 0.6) is 0 Å². The Morgan fingerprint density at radius 3 is 2.67 bits per heavy atom. The maximum atomic E-state index is 11.0. The van der Waals surface area contributed by atoms with E-state index in [2.05, 4.69) is 9.55 Å². The molecule has 1 N–H and O–H groups in total. The number of hydrogen-bond acceptors (Lipinski definition) is 2. The summed E-state index contributed by atoms with van der Waals surface area (Å²) in [6.07, 6.45) is 4.90. The van der Waals surface area contributed by atoms with Crippen LogP contribution < -0.4 is 0 Å². The van der Waals surface area contributed by atoms with Gasteiger partial charge < -0.3 is 9.67 Å². The molecule has 2 aliphatic carbocycles. The lowest BCUT2D eigenvalue weighted by Crippen LogP contribution is -2.00. The van der Waals surface area contributed by atoms with E-state index in [0.717, 1.165) is 11.0 Å². The smallest absolute Gasteiger partial charge is 0.335 e. The van der Waals surface area contributed by atoms with Gasteiger partial charge in [0, 0.05) is 12.0 Å². The molecule has 0 atom stereocenters. The summed E-state index contributed by atoms with van der Waals surface area (Å²) < 4.78 is 2.35. The number of rotatable bonds is 3. The molecule has 92 valence electrons. The van der Waals surface area contributed by atoms with Gasteiger partial charge in [-0.25, -0.2) is 9.78 Å². The van der Waals surface area contributed by atoms with Gasteiger partial charge in [-0.15, -0.1) is 0 Å². The lowest BCUT2D eigenvalue weighted by molar-refractivity contribution is 0.0697. The molecule has 1 aromatic heterocycles. The Morgan fingerprint density at radius 1 is 1.28 bits per heavy atom. The molecule has 4 heteroatoms. The van der Waals surface area contributed by atoms with Crippen LogP contribution >= 0.6 is 0 Å². The molecular formula is C14H14N2O2. The number of benzene rings is 1. The number of carboxylic acid groups (broad SMARTS) is 1. The molecule has 0 amide bonds. The van der Waals surface area contributed by atoms with Gasteiger partial charge in [0.25, 0.3) is 0 Å². The van der Waals surface area contributed by atoms with Gasteiger partial charge in [0.15, 0.2) is 0 Å². The summed E-state index contributed by atoms with van der Waals surface area (Å²) in [5, 5.41) is 9.03. The van der Waals surface area contributed by atoms with Crippen molar-refractivity contribution in [3.05, 3.63) is 29.6 Å². The fraction of sp³-hybridized carbons (Fsp3) is 0.429. The Morgan fingerprint density at radius 2 is 2.06 bits per heavy atom. The molecule has 0 aliphatic heterocycles. The summed E-state index contributed by atoms with van der Waals surface area (Å²) in [4.78, 5) is 15.7. The molecule has 4 rings (SSSR count). The number of imidazole rings is 1. The summed E-state index contributed by atoms with van der Waals surface area (Å²) in [5.41, 5.74) is 2.26. The largest absolute Gasteiger partial charge is 0.478 e. The average Bonchev–Trinajstić information content (AvgIpc) is 3.24. The maximum Gasteiger partial charge on any atom is 0.335 e. The molecule has 0 spiro atoms. The van der Waals surface area contributed by atoms with Crippen molar-refractivity contribution in [1.82, 2.24) is 9.55 Å². The van der Waals surface area contributed by atoms with Gasteiger partial charge in [0.1, 0.15) is 5.82 Å². The number of carboxylic acids is 1. The van der Waals surface area contributed by atoms with Crippen LogP contribution in [0.15, 0.2) is 18.2 Å². The molecular weight excluding hydrogens is 228 g/mol. The highest BCUT2D eigenvalue weighted by Crippen LogP contribution is 2.46. The minimum absolute atomic E-state index is 0.324. The summed E-state index contributed by atoms with van der Waals surface area (Å²) in [6, 6.07) is 5.89. The molecule has 0 saturated heterocycles. The van der Waals surface area contributed by atoms with Gasteiger partial charge in [0.05, 0.1) is 16.6 Å². The third-order valence-corrected chi connectivity index (χ3v) is 3.82. The molecule has 1 aromatic carbocycles. The second kappa shape index (κ2) is 3.34. The van der Waals surface area contributed by atoms with Crippen LogP contribution in [0.3, 0.4) is 0 Å². The molecule has 2 saturated carbocycles. The zero-order valence-corrected chi connectivity index (χ0v) is 9.97. The molecule has 1 heterocycles. The quantitative estimate of drug-likeness (QED) is 0.900. The first-order valence-corrected chi connectivity index (χ1v) is 6.49. The Hall–Kier alpha value is -1.84. The highest BCUT2D eigenvalue weighted by molar-refractivity contribution is 5.92. The van der Waals surface area contributed by atoms with E-state index in [-0.39, 0.29) is 0 Å². The minimum Gasteiger partial charge on any atom is -0.478 e. The molecule has 2 aliphatic rings. The third kappa shape index (κ3) is 1.45. The fourth-order valence-corrected chi connectivity index (χ4v) is 2.60. The van der Waals surface area contributed by atoms with E-state index in [1.807, 2.05) is 6.07 Å². The van der Waals surface area contributed by atoms with Gasteiger partial charge in [0.2, 0.25) is 0 Å². The molecule has 18 heavy (non-hydrogen) atoms. The zero-order valence-electron chi connectivity index (χ0n) is 9.97. The van der Waals surface area contributed by atoms with Crippen LogP contribution in [0.1, 0.15) is 53.8 Å². The number of fused-ring (bicyclic) bond motifs is 1. The minimum atomic E-state index is -0.883.